The molecule has 1 N–H and O–H groups in total. The van der Waals surface area contributed by atoms with Gasteiger partial charge in [-0.3, -0.25) is 4.79 Å². The minimum Gasteiger partial charge on any atom is -0.490 e. The number of nitrogens with one attached hydrogen (secondary N) is 1. The van der Waals surface area contributed by atoms with E-state index in [1.807, 2.05) is 38.1 Å². The molecule has 6 nitrogen and oxygen atoms in total. The molecule has 0 bridgehead atoms. The van der Waals surface area contributed by atoms with Gasteiger partial charge >= 0.3 is 0 Å². The molecule has 0 saturated carbocycles. The monoisotopic (exact) mass is 335 g/mol. The average Bonchev–Trinajstić information content (AvgIpc) is 3.01. The van der Waals surface area contributed by atoms with Gasteiger partial charge in [0.15, 0.2) is 11.5 Å². The summed E-state index contributed by atoms with van der Waals surface area (Å²) in [5.74, 6) is 1.34. The summed E-state index contributed by atoms with van der Waals surface area (Å²) in [6, 6.07) is 7.52. The van der Waals surface area contributed by atoms with Gasteiger partial charge in [-0.1, -0.05) is 30.4 Å². The molecule has 0 aliphatic heterocycles. The molecule has 124 valence electrons. The van der Waals surface area contributed by atoms with Gasteiger partial charge in [0.05, 0.1) is 13.2 Å². The van der Waals surface area contributed by atoms with Gasteiger partial charge in [0.2, 0.25) is 11.0 Å². The van der Waals surface area contributed by atoms with Crippen LogP contribution in [0.15, 0.2) is 24.3 Å². The van der Waals surface area contributed by atoms with Crippen LogP contribution in [-0.4, -0.2) is 29.3 Å². The van der Waals surface area contributed by atoms with Crippen LogP contribution in [0, 0.1) is 0 Å². The van der Waals surface area contributed by atoms with Crippen LogP contribution in [0.2, 0.25) is 0 Å². The summed E-state index contributed by atoms with van der Waals surface area (Å²) in [5.41, 5.74) is 0. The Bertz CT molecular complexity index is 631. The molecule has 0 aliphatic rings. The van der Waals surface area contributed by atoms with Crippen molar-refractivity contribution in [2.75, 3.05) is 18.5 Å². The third-order valence-corrected chi connectivity index (χ3v) is 3.95. The highest BCUT2D eigenvalue weighted by atomic mass is 32.1. The van der Waals surface area contributed by atoms with Gasteiger partial charge in [-0.15, -0.1) is 10.2 Å². The maximum Gasteiger partial charge on any atom is 0.226 e. The number of para-hydroxylation sites is 2. The van der Waals surface area contributed by atoms with Crippen LogP contribution in [0.3, 0.4) is 0 Å². The van der Waals surface area contributed by atoms with Crippen LogP contribution in [0.25, 0.3) is 0 Å². The number of aromatic nitrogens is 2. The topological polar surface area (TPSA) is 73.3 Å². The van der Waals surface area contributed by atoms with Crippen molar-refractivity contribution in [2.24, 2.45) is 0 Å². The summed E-state index contributed by atoms with van der Waals surface area (Å²) in [6.07, 6.45) is 1.81. The average molecular weight is 335 g/mol. The molecule has 23 heavy (non-hydrogen) atoms. The van der Waals surface area contributed by atoms with E-state index in [9.17, 15) is 4.79 Å². The number of anilines is 1. The predicted octanol–water partition coefficient (Wildman–Crippen LogP) is 3.30. The number of hydrogen-bond acceptors (Lipinski definition) is 6. The molecule has 2 aromatic rings. The summed E-state index contributed by atoms with van der Waals surface area (Å²) in [5, 5.41) is 12.1. The zero-order chi connectivity index (χ0) is 16.5. The van der Waals surface area contributed by atoms with Gasteiger partial charge in [0.1, 0.15) is 5.01 Å². The summed E-state index contributed by atoms with van der Waals surface area (Å²) in [4.78, 5) is 11.8. The largest absolute Gasteiger partial charge is 0.490 e. The molecule has 1 aromatic carbocycles. The van der Waals surface area contributed by atoms with E-state index in [1.165, 1.54) is 11.3 Å². The highest BCUT2D eigenvalue weighted by Crippen LogP contribution is 2.26. The number of benzene rings is 1. The molecule has 0 saturated heterocycles. The summed E-state index contributed by atoms with van der Waals surface area (Å²) in [6.45, 7) is 4.97. The molecule has 0 atom stereocenters. The summed E-state index contributed by atoms with van der Waals surface area (Å²) in [7, 11) is 0. The van der Waals surface area contributed by atoms with Gasteiger partial charge in [-0.25, -0.2) is 0 Å². The second kappa shape index (κ2) is 9.09. The van der Waals surface area contributed by atoms with E-state index < -0.39 is 0 Å². The quantitative estimate of drug-likeness (QED) is 0.712. The second-order valence-corrected chi connectivity index (χ2v) is 5.80. The fraction of sp³-hybridized carbons (Fsp3) is 0.438. The number of nitrogens with zero attached hydrogens (tertiary/aromatic N) is 2. The Morgan fingerprint density at radius 2 is 1.91 bits per heavy atom. The first kappa shape index (κ1) is 17.2. The first-order valence-electron chi connectivity index (χ1n) is 7.69. The van der Waals surface area contributed by atoms with Crippen LogP contribution in [-0.2, 0) is 11.2 Å². The molecular weight excluding hydrogens is 314 g/mol. The number of rotatable bonds is 9. The summed E-state index contributed by atoms with van der Waals surface area (Å²) < 4.78 is 11.2. The predicted molar refractivity (Wildman–Crippen MR) is 90.3 cm³/mol. The van der Waals surface area contributed by atoms with Crippen molar-refractivity contribution < 1.29 is 14.3 Å². The third-order valence-electron chi connectivity index (χ3n) is 2.97. The van der Waals surface area contributed by atoms with Crippen LogP contribution in [0.4, 0.5) is 5.13 Å². The van der Waals surface area contributed by atoms with E-state index in [4.69, 9.17) is 9.47 Å². The number of carbonyl (C=O) groups excluding carboxylic acids is 1. The lowest BCUT2D eigenvalue weighted by atomic mass is 10.3. The Balaban J connectivity index is 1.71. The first-order valence-corrected chi connectivity index (χ1v) is 8.51. The van der Waals surface area contributed by atoms with Crippen LogP contribution in [0.1, 0.15) is 31.7 Å². The van der Waals surface area contributed by atoms with Crippen molar-refractivity contribution in [3.63, 3.8) is 0 Å². The molecule has 1 heterocycles. The molecule has 0 spiro atoms. The lowest BCUT2D eigenvalue weighted by Crippen LogP contribution is -2.12. The highest BCUT2D eigenvalue weighted by molar-refractivity contribution is 7.15. The Hall–Kier alpha value is -2.15. The van der Waals surface area contributed by atoms with Crippen LogP contribution < -0.4 is 14.8 Å². The number of aryl methyl sites for hydroxylation is 1. The Labute approximate surface area is 139 Å². The van der Waals surface area contributed by atoms with Crippen molar-refractivity contribution in [3.05, 3.63) is 29.3 Å². The maximum absolute atomic E-state index is 11.8. The highest BCUT2D eigenvalue weighted by Gasteiger charge is 2.08. The molecule has 1 amide bonds. The number of amides is 1. The third kappa shape index (κ3) is 5.52. The van der Waals surface area contributed by atoms with Crippen molar-refractivity contribution in [2.45, 2.75) is 33.1 Å². The number of ether oxygens (including phenoxy) is 2. The minimum absolute atomic E-state index is 0.0782. The fourth-order valence-corrected chi connectivity index (χ4v) is 2.58. The molecule has 0 fully saturated rings. The zero-order valence-electron chi connectivity index (χ0n) is 13.4. The molecule has 0 aliphatic carbocycles. The van der Waals surface area contributed by atoms with Gasteiger partial charge in [0, 0.05) is 6.42 Å². The molecule has 0 radical (unpaired) electrons. The second-order valence-electron chi connectivity index (χ2n) is 4.73. The van der Waals surface area contributed by atoms with E-state index in [0.717, 1.165) is 17.2 Å². The fourth-order valence-electron chi connectivity index (χ4n) is 1.89. The van der Waals surface area contributed by atoms with E-state index in [0.29, 0.717) is 36.9 Å². The maximum atomic E-state index is 11.8. The van der Waals surface area contributed by atoms with Gasteiger partial charge in [-0.2, -0.15) is 0 Å². The van der Waals surface area contributed by atoms with Crippen molar-refractivity contribution in [1.82, 2.24) is 10.2 Å². The zero-order valence-corrected chi connectivity index (χ0v) is 14.2. The molecule has 1 aromatic heterocycles. The van der Waals surface area contributed by atoms with E-state index in [1.54, 1.807) is 0 Å². The Morgan fingerprint density at radius 3 is 2.57 bits per heavy atom. The van der Waals surface area contributed by atoms with Gasteiger partial charge in [-0.05, 0) is 31.9 Å². The van der Waals surface area contributed by atoms with Crippen molar-refractivity contribution >= 4 is 22.4 Å². The summed E-state index contributed by atoms with van der Waals surface area (Å²) >= 11 is 1.40. The Morgan fingerprint density at radius 1 is 1.17 bits per heavy atom. The molecule has 7 heteroatoms. The van der Waals surface area contributed by atoms with Crippen LogP contribution in [0.5, 0.6) is 11.5 Å². The standard InChI is InChI=1S/C16H21N3O3S/c1-3-15-18-19-16(23-15)17-14(20)10-7-11-22-13-9-6-5-8-12(13)21-4-2/h5-6,8-9H,3-4,7,10-11H2,1-2H3,(H,17,19,20). The normalized spacial score (nSPS) is 10.3. The Kier molecular flexibility index (Phi) is 6.80. The number of carbonyl (C=O) groups is 1. The van der Waals surface area contributed by atoms with Gasteiger partial charge < -0.3 is 14.8 Å². The molecule has 0 unspecified atom stereocenters. The van der Waals surface area contributed by atoms with E-state index >= 15 is 0 Å². The van der Waals surface area contributed by atoms with E-state index in [-0.39, 0.29) is 5.91 Å². The lowest BCUT2D eigenvalue weighted by molar-refractivity contribution is -0.116. The van der Waals surface area contributed by atoms with Crippen molar-refractivity contribution in [3.8, 4) is 11.5 Å². The molecular formula is C16H21N3O3S. The number of hydrogen-bond donors (Lipinski definition) is 1. The smallest absolute Gasteiger partial charge is 0.226 e. The first-order chi connectivity index (χ1) is 11.2. The lowest BCUT2D eigenvalue weighted by Gasteiger charge is -2.11. The van der Waals surface area contributed by atoms with Gasteiger partial charge in [0.25, 0.3) is 0 Å². The van der Waals surface area contributed by atoms with Crippen LogP contribution >= 0.6 is 11.3 Å². The van der Waals surface area contributed by atoms with Crippen molar-refractivity contribution in [1.29, 1.82) is 0 Å². The SMILES string of the molecule is CCOc1ccccc1OCCCC(=O)Nc1nnc(CC)s1. The minimum atomic E-state index is -0.0782. The van der Waals surface area contributed by atoms with E-state index in [2.05, 4.69) is 15.5 Å². The molecule has 2 rings (SSSR count).